The summed E-state index contributed by atoms with van der Waals surface area (Å²) < 4.78 is 5.37. The zero-order valence-corrected chi connectivity index (χ0v) is 13.2. The fraction of sp³-hybridized carbons (Fsp3) is 0.333. The average molecular weight is 305 g/mol. The molecule has 21 heavy (non-hydrogen) atoms. The summed E-state index contributed by atoms with van der Waals surface area (Å²) in [7, 11) is 0. The van der Waals surface area contributed by atoms with Gasteiger partial charge in [0.1, 0.15) is 5.75 Å². The number of nitrogens with one attached hydrogen (secondary N) is 2. The maximum Gasteiger partial charge on any atom is 0.321 e. The van der Waals surface area contributed by atoms with E-state index < -0.39 is 0 Å². The third kappa shape index (κ3) is 4.46. The van der Waals surface area contributed by atoms with E-state index in [1.807, 2.05) is 45.0 Å². The number of nitrogens with zero attached hydrogens (tertiary/aromatic N) is 1. The number of aromatic nitrogens is 1. The first kappa shape index (κ1) is 15.3. The van der Waals surface area contributed by atoms with Crippen LogP contribution >= 0.6 is 11.3 Å². The standard InChI is InChI=1S/C15H19N3O2S/c1-4-20-13-7-5-12(6-8-13)9-16-14(19)18-15-17-10(2)11(3)21-15/h5-8H,4,9H2,1-3H3,(H2,16,17,18,19). The molecule has 0 bridgehead atoms. The van der Waals surface area contributed by atoms with Crippen LogP contribution in [-0.2, 0) is 6.54 Å². The van der Waals surface area contributed by atoms with Crippen LogP contribution in [0.5, 0.6) is 5.75 Å². The molecule has 1 aromatic carbocycles. The molecule has 0 fully saturated rings. The van der Waals surface area contributed by atoms with Gasteiger partial charge in [0.2, 0.25) is 0 Å². The molecular formula is C15H19N3O2S. The van der Waals surface area contributed by atoms with Gasteiger partial charge in [-0.05, 0) is 38.5 Å². The number of thiazole rings is 1. The van der Waals surface area contributed by atoms with E-state index in [9.17, 15) is 4.79 Å². The van der Waals surface area contributed by atoms with Crippen molar-refractivity contribution in [1.82, 2.24) is 10.3 Å². The molecule has 0 saturated heterocycles. The number of amides is 2. The highest BCUT2D eigenvalue weighted by Gasteiger charge is 2.07. The fourth-order valence-corrected chi connectivity index (χ4v) is 2.53. The molecule has 2 N–H and O–H groups in total. The van der Waals surface area contributed by atoms with Crippen molar-refractivity contribution in [2.75, 3.05) is 11.9 Å². The van der Waals surface area contributed by atoms with Gasteiger partial charge in [-0.1, -0.05) is 12.1 Å². The first-order valence-corrected chi connectivity index (χ1v) is 7.60. The van der Waals surface area contributed by atoms with Crippen molar-refractivity contribution < 1.29 is 9.53 Å². The molecule has 2 aromatic rings. The van der Waals surface area contributed by atoms with E-state index in [0.717, 1.165) is 21.9 Å². The number of hydrogen-bond acceptors (Lipinski definition) is 4. The molecule has 0 atom stereocenters. The summed E-state index contributed by atoms with van der Waals surface area (Å²) in [5, 5.41) is 6.16. The fourth-order valence-electron chi connectivity index (χ4n) is 1.72. The highest BCUT2D eigenvalue weighted by atomic mass is 32.1. The van der Waals surface area contributed by atoms with Crippen LogP contribution in [0, 0.1) is 13.8 Å². The van der Waals surface area contributed by atoms with E-state index in [1.54, 1.807) is 0 Å². The number of anilines is 1. The van der Waals surface area contributed by atoms with Gasteiger partial charge in [0.05, 0.1) is 12.3 Å². The predicted molar refractivity (Wildman–Crippen MR) is 85.1 cm³/mol. The number of carbonyl (C=O) groups excluding carboxylic acids is 1. The topological polar surface area (TPSA) is 63.2 Å². The Hall–Kier alpha value is -2.08. The lowest BCUT2D eigenvalue weighted by atomic mass is 10.2. The molecule has 5 nitrogen and oxygen atoms in total. The van der Waals surface area contributed by atoms with E-state index >= 15 is 0 Å². The van der Waals surface area contributed by atoms with Gasteiger partial charge in [-0.3, -0.25) is 5.32 Å². The van der Waals surface area contributed by atoms with Crippen molar-refractivity contribution >= 4 is 22.5 Å². The van der Waals surface area contributed by atoms with Crippen LogP contribution in [0.3, 0.4) is 0 Å². The molecule has 0 aliphatic rings. The van der Waals surface area contributed by atoms with E-state index in [4.69, 9.17) is 4.74 Å². The lowest BCUT2D eigenvalue weighted by Crippen LogP contribution is -2.28. The number of hydrogen-bond donors (Lipinski definition) is 2. The van der Waals surface area contributed by atoms with Crippen molar-refractivity contribution in [2.24, 2.45) is 0 Å². The van der Waals surface area contributed by atoms with Gasteiger partial charge >= 0.3 is 6.03 Å². The third-order valence-corrected chi connectivity index (χ3v) is 3.92. The van der Waals surface area contributed by atoms with Gasteiger partial charge in [0.25, 0.3) is 0 Å². The number of benzene rings is 1. The Morgan fingerprint density at radius 1 is 1.29 bits per heavy atom. The number of carbonyl (C=O) groups is 1. The first-order valence-electron chi connectivity index (χ1n) is 6.79. The van der Waals surface area contributed by atoms with Crippen molar-refractivity contribution in [3.63, 3.8) is 0 Å². The Balaban J connectivity index is 1.83. The Morgan fingerprint density at radius 2 is 2.00 bits per heavy atom. The quantitative estimate of drug-likeness (QED) is 0.889. The van der Waals surface area contributed by atoms with Gasteiger partial charge in [0.15, 0.2) is 5.13 Å². The van der Waals surface area contributed by atoms with Gasteiger partial charge in [0, 0.05) is 11.4 Å². The monoisotopic (exact) mass is 305 g/mol. The molecular weight excluding hydrogens is 286 g/mol. The lowest BCUT2D eigenvalue weighted by molar-refractivity contribution is 0.251. The second-order valence-corrected chi connectivity index (χ2v) is 5.75. The normalized spacial score (nSPS) is 10.2. The van der Waals surface area contributed by atoms with Gasteiger partial charge in [-0.15, -0.1) is 11.3 Å². The van der Waals surface area contributed by atoms with Crippen molar-refractivity contribution in [3.05, 3.63) is 40.4 Å². The molecule has 0 spiro atoms. The number of aryl methyl sites for hydroxylation is 2. The molecule has 6 heteroatoms. The SMILES string of the molecule is CCOc1ccc(CNC(=O)Nc2nc(C)c(C)s2)cc1. The van der Waals surface area contributed by atoms with Crippen LogP contribution in [0.1, 0.15) is 23.1 Å². The molecule has 0 aliphatic carbocycles. The van der Waals surface area contributed by atoms with Crippen LogP contribution in [0.4, 0.5) is 9.93 Å². The summed E-state index contributed by atoms with van der Waals surface area (Å²) in [6.45, 7) is 6.96. The van der Waals surface area contributed by atoms with Crippen LogP contribution in [0.25, 0.3) is 0 Å². The Bertz CT molecular complexity index is 588. The molecule has 0 unspecified atom stereocenters. The van der Waals surface area contributed by atoms with E-state index in [-0.39, 0.29) is 6.03 Å². The Morgan fingerprint density at radius 3 is 2.57 bits per heavy atom. The number of rotatable bonds is 5. The average Bonchev–Trinajstić information content (AvgIpc) is 2.77. The summed E-state index contributed by atoms with van der Waals surface area (Å²) in [5.41, 5.74) is 1.96. The number of urea groups is 1. The summed E-state index contributed by atoms with van der Waals surface area (Å²) >= 11 is 1.47. The molecule has 1 aromatic heterocycles. The van der Waals surface area contributed by atoms with Crippen LogP contribution < -0.4 is 15.4 Å². The largest absolute Gasteiger partial charge is 0.494 e. The van der Waals surface area contributed by atoms with Gasteiger partial charge in [-0.25, -0.2) is 9.78 Å². The van der Waals surface area contributed by atoms with Crippen molar-refractivity contribution in [2.45, 2.75) is 27.3 Å². The van der Waals surface area contributed by atoms with Crippen LogP contribution in [0.15, 0.2) is 24.3 Å². The van der Waals surface area contributed by atoms with Crippen LogP contribution in [-0.4, -0.2) is 17.6 Å². The van der Waals surface area contributed by atoms with Gasteiger partial charge < -0.3 is 10.1 Å². The molecule has 1 heterocycles. The molecule has 0 radical (unpaired) electrons. The van der Waals surface area contributed by atoms with Gasteiger partial charge in [-0.2, -0.15) is 0 Å². The van der Waals surface area contributed by atoms with E-state index in [2.05, 4.69) is 15.6 Å². The first-order chi connectivity index (χ1) is 10.1. The smallest absolute Gasteiger partial charge is 0.321 e. The zero-order chi connectivity index (χ0) is 15.2. The summed E-state index contributed by atoms with van der Waals surface area (Å²) in [6, 6.07) is 7.40. The summed E-state index contributed by atoms with van der Waals surface area (Å²) in [5.74, 6) is 0.833. The summed E-state index contributed by atoms with van der Waals surface area (Å²) in [6.07, 6.45) is 0. The number of ether oxygens (including phenoxy) is 1. The molecule has 112 valence electrons. The minimum Gasteiger partial charge on any atom is -0.494 e. The molecule has 2 amide bonds. The third-order valence-electron chi connectivity index (χ3n) is 2.94. The minimum absolute atomic E-state index is 0.252. The summed E-state index contributed by atoms with van der Waals surface area (Å²) in [4.78, 5) is 17.2. The molecule has 2 rings (SSSR count). The molecule has 0 aliphatic heterocycles. The Kier molecular flexibility index (Phi) is 5.16. The predicted octanol–water partition coefficient (Wildman–Crippen LogP) is 3.48. The zero-order valence-electron chi connectivity index (χ0n) is 12.4. The van der Waals surface area contributed by atoms with Crippen molar-refractivity contribution in [1.29, 1.82) is 0 Å². The highest BCUT2D eigenvalue weighted by molar-refractivity contribution is 7.15. The highest BCUT2D eigenvalue weighted by Crippen LogP contribution is 2.20. The van der Waals surface area contributed by atoms with E-state index in [0.29, 0.717) is 18.3 Å². The maximum atomic E-state index is 11.8. The second-order valence-electron chi connectivity index (χ2n) is 4.55. The molecule has 0 saturated carbocycles. The van der Waals surface area contributed by atoms with E-state index in [1.165, 1.54) is 11.3 Å². The maximum absolute atomic E-state index is 11.8. The van der Waals surface area contributed by atoms with Crippen LogP contribution in [0.2, 0.25) is 0 Å². The Labute approximate surface area is 128 Å². The lowest BCUT2D eigenvalue weighted by Gasteiger charge is -2.07. The second kappa shape index (κ2) is 7.08. The van der Waals surface area contributed by atoms with Crippen molar-refractivity contribution in [3.8, 4) is 5.75 Å². The minimum atomic E-state index is -0.252.